The van der Waals surface area contributed by atoms with Crippen LogP contribution in [0.4, 0.5) is 0 Å². The van der Waals surface area contributed by atoms with Crippen molar-refractivity contribution in [1.82, 2.24) is 19.1 Å². The highest BCUT2D eigenvalue weighted by molar-refractivity contribution is 7.89. The molecule has 0 bridgehead atoms. The van der Waals surface area contributed by atoms with Crippen LogP contribution in [0.2, 0.25) is 0 Å². The second-order valence-corrected chi connectivity index (χ2v) is 6.78. The number of aromatic nitrogens is 3. The van der Waals surface area contributed by atoms with Crippen molar-refractivity contribution in [3.05, 3.63) is 18.0 Å². The van der Waals surface area contributed by atoms with E-state index < -0.39 is 22.0 Å². The lowest BCUT2D eigenvalue weighted by molar-refractivity contribution is -0.140. The SMILES string of the molecule is Cc1nn(C)c2ncc(S(=O)(=O)N(C)C(C)C(=O)O)cc12. The summed E-state index contributed by atoms with van der Waals surface area (Å²) in [5.41, 5.74) is 1.23. The fraction of sp³-hybridized carbons (Fsp3) is 0.417. The summed E-state index contributed by atoms with van der Waals surface area (Å²) in [7, 11) is -0.981. The predicted octanol–water partition coefficient (Wildman–Crippen LogP) is 0.370. The van der Waals surface area contributed by atoms with E-state index in [4.69, 9.17) is 5.11 Å². The van der Waals surface area contributed by atoms with Gasteiger partial charge in [-0.2, -0.15) is 9.40 Å². The lowest BCUT2D eigenvalue weighted by atomic mass is 10.3. The van der Waals surface area contributed by atoms with Crippen LogP contribution in [-0.4, -0.2) is 51.7 Å². The van der Waals surface area contributed by atoms with Crippen LogP contribution in [0.1, 0.15) is 12.6 Å². The van der Waals surface area contributed by atoms with Gasteiger partial charge in [-0.25, -0.2) is 13.4 Å². The van der Waals surface area contributed by atoms with Gasteiger partial charge < -0.3 is 5.11 Å². The van der Waals surface area contributed by atoms with Crippen molar-refractivity contribution in [2.24, 2.45) is 7.05 Å². The molecule has 8 nitrogen and oxygen atoms in total. The molecule has 0 radical (unpaired) electrons. The van der Waals surface area contributed by atoms with Crippen LogP contribution in [0.5, 0.6) is 0 Å². The number of aryl methyl sites for hydroxylation is 2. The summed E-state index contributed by atoms with van der Waals surface area (Å²) >= 11 is 0. The lowest BCUT2D eigenvalue weighted by Gasteiger charge is -2.20. The summed E-state index contributed by atoms with van der Waals surface area (Å²) in [6.07, 6.45) is 1.21. The molecule has 2 aromatic heterocycles. The molecule has 2 heterocycles. The number of fused-ring (bicyclic) bond motifs is 1. The number of rotatable bonds is 4. The molecule has 2 rings (SSSR count). The van der Waals surface area contributed by atoms with Gasteiger partial charge in [0.1, 0.15) is 10.9 Å². The molecule has 0 amide bonds. The molecule has 0 fully saturated rings. The number of carboxylic acids is 1. The molecule has 0 spiro atoms. The number of carbonyl (C=O) groups is 1. The quantitative estimate of drug-likeness (QED) is 0.874. The normalized spacial score (nSPS) is 13.8. The molecular formula is C12H16N4O4S. The number of sulfonamides is 1. The highest BCUT2D eigenvalue weighted by Gasteiger charge is 2.30. The monoisotopic (exact) mass is 312 g/mol. The van der Waals surface area contributed by atoms with Crippen LogP contribution in [-0.2, 0) is 21.9 Å². The Morgan fingerprint density at radius 1 is 1.48 bits per heavy atom. The summed E-state index contributed by atoms with van der Waals surface area (Å²) in [5, 5.41) is 13.7. The Hall–Kier alpha value is -2.00. The minimum Gasteiger partial charge on any atom is -0.480 e. The third-order valence-corrected chi connectivity index (χ3v) is 5.31. The number of hydrogen-bond acceptors (Lipinski definition) is 5. The highest BCUT2D eigenvalue weighted by atomic mass is 32.2. The van der Waals surface area contributed by atoms with Crippen LogP contribution in [0.3, 0.4) is 0 Å². The zero-order valence-electron chi connectivity index (χ0n) is 12.1. The van der Waals surface area contributed by atoms with Gasteiger partial charge in [-0.1, -0.05) is 0 Å². The zero-order valence-corrected chi connectivity index (χ0v) is 12.9. The van der Waals surface area contributed by atoms with Crippen molar-refractivity contribution in [2.75, 3.05) is 7.05 Å². The van der Waals surface area contributed by atoms with Crippen molar-refractivity contribution in [2.45, 2.75) is 24.8 Å². The molecule has 2 aromatic rings. The molecule has 0 aromatic carbocycles. The van der Waals surface area contributed by atoms with E-state index in [1.165, 1.54) is 26.2 Å². The number of hydrogen-bond donors (Lipinski definition) is 1. The molecule has 0 aliphatic carbocycles. The van der Waals surface area contributed by atoms with Crippen molar-refractivity contribution in [1.29, 1.82) is 0 Å². The second kappa shape index (κ2) is 5.08. The first-order chi connectivity index (χ1) is 9.66. The summed E-state index contributed by atoms with van der Waals surface area (Å²) in [4.78, 5) is 15.0. The first-order valence-corrected chi connectivity index (χ1v) is 7.60. The maximum absolute atomic E-state index is 12.4. The molecule has 0 aliphatic heterocycles. The van der Waals surface area contributed by atoms with Crippen molar-refractivity contribution in [3.63, 3.8) is 0 Å². The third-order valence-electron chi connectivity index (χ3n) is 3.42. The van der Waals surface area contributed by atoms with Crippen LogP contribution in [0.15, 0.2) is 17.2 Å². The summed E-state index contributed by atoms with van der Waals surface area (Å²) < 4.78 is 27.2. The van der Waals surface area contributed by atoms with Crippen LogP contribution in [0.25, 0.3) is 11.0 Å². The van der Waals surface area contributed by atoms with E-state index >= 15 is 0 Å². The lowest BCUT2D eigenvalue weighted by Crippen LogP contribution is -2.40. The minimum absolute atomic E-state index is 0.0540. The number of pyridine rings is 1. The molecule has 9 heteroatoms. The molecule has 1 N–H and O–H groups in total. The van der Waals surface area contributed by atoms with Crippen LogP contribution in [0, 0.1) is 6.92 Å². The first kappa shape index (κ1) is 15.4. The van der Waals surface area contributed by atoms with E-state index in [9.17, 15) is 13.2 Å². The standard InChI is InChI=1S/C12H16N4O4S/c1-7-10-5-9(6-13-11(10)15(3)14-7)21(19,20)16(4)8(2)12(17)18/h5-6,8H,1-4H3,(H,17,18). The highest BCUT2D eigenvalue weighted by Crippen LogP contribution is 2.22. The Balaban J connectivity index is 2.55. The van der Waals surface area contributed by atoms with Gasteiger partial charge in [0, 0.05) is 25.7 Å². The van der Waals surface area contributed by atoms with Crippen molar-refractivity contribution < 1.29 is 18.3 Å². The Labute approximate surface area is 122 Å². The molecule has 0 saturated heterocycles. The van der Waals surface area contributed by atoms with E-state index in [0.29, 0.717) is 16.7 Å². The van der Waals surface area contributed by atoms with E-state index in [1.54, 1.807) is 18.7 Å². The fourth-order valence-corrected chi connectivity index (χ4v) is 3.25. The molecule has 1 unspecified atom stereocenters. The number of nitrogens with zero attached hydrogens (tertiary/aromatic N) is 4. The van der Waals surface area contributed by atoms with Crippen LogP contribution >= 0.6 is 0 Å². The van der Waals surface area contributed by atoms with Gasteiger partial charge in [0.2, 0.25) is 10.0 Å². The van der Waals surface area contributed by atoms with Crippen molar-refractivity contribution in [3.8, 4) is 0 Å². The maximum Gasteiger partial charge on any atom is 0.321 e. The van der Waals surface area contributed by atoms with Gasteiger partial charge in [-0.05, 0) is 19.9 Å². The van der Waals surface area contributed by atoms with Gasteiger partial charge in [0.05, 0.1) is 5.69 Å². The molecule has 0 saturated carbocycles. The topological polar surface area (TPSA) is 105 Å². The van der Waals surface area contributed by atoms with E-state index in [0.717, 1.165) is 4.31 Å². The number of carboxylic acid groups (broad SMARTS) is 1. The summed E-state index contributed by atoms with van der Waals surface area (Å²) in [5.74, 6) is -1.22. The van der Waals surface area contributed by atoms with Gasteiger partial charge in [0.25, 0.3) is 0 Å². The molecule has 1 atom stereocenters. The smallest absolute Gasteiger partial charge is 0.321 e. The predicted molar refractivity (Wildman–Crippen MR) is 75.3 cm³/mol. The zero-order chi connectivity index (χ0) is 15.9. The second-order valence-electron chi connectivity index (χ2n) is 4.79. The Bertz CT molecular complexity index is 812. The number of likely N-dealkylation sites (N-methyl/N-ethyl adjacent to an activating group) is 1. The Morgan fingerprint density at radius 3 is 2.67 bits per heavy atom. The van der Waals surface area contributed by atoms with Crippen LogP contribution < -0.4 is 0 Å². The number of aliphatic carboxylic acids is 1. The third kappa shape index (κ3) is 2.49. The largest absolute Gasteiger partial charge is 0.480 e. The minimum atomic E-state index is -3.93. The Kier molecular flexibility index (Phi) is 3.72. The van der Waals surface area contributed by atoms with E-state index in [2.05, 4.69) is 10.1 Å². The molecule has 21 heavy (non-hydrogen) atoms. The average molecular weight is 312 g/mol. The first-order valence-electron chi connectivity index (χ1n) is 6.16. The van der Waals surface area contributed by atoms with Gasteiger partial charge in [-0.3, -0.25) is 9.48 Å². The van der Waals surface area contributed by atoms with Gasteiger partial charge in [-0.15, -0.1) is 0 Å². The van der Waals surface area contributed by atoms with E-state index in [-0.39, 0.29) is 4.90 Å². The summed E-state index contributed by atoms with van der Waals surface area (Å²) in [6.45, 7) is 3.06. The fourth-order valence-electron chi connectivity index (χ4n) is 1.96. The molecule has 0 aliphatic rings. The average Bonchev–Trinajstić information content (AvgIpc) is 2.71. The molecular weight excluding hydrogens is 296 g/mol. The summed E-state index contributed by atoms with van der Waals surface area (Å²) in [6, 6.07) is 0.297. The van der Waals surface area contributed by atoms with E-state index in [1.807, 2.05) is 0 Å². The Morgan fingerprint density at radius 2 is 2.10 bits per heavy atom. The van der Waals surface area contributed by atoms with Gasteiger partial charge in [0.15, 0.2) is 5.65 Å². The van der Waals surface area contributed by atoms with Gasteiger partial charge >= 0.3 is 5.97 Å². The molecule has 114 valence electrons. The maximum atomic E-state index is 12.4. The van der Waals surface area contributed by atoms with Crippen molar-refractivity contribution >= 4 is 27.0 Å².